The Labute approximate surface area is 127 Å². The molecule has 2 heterocycles. The van der Waals surface area contributed by atoms with Crippen LogP contribution >= 0.6 is 0 Å². The van der Waals surface area contributed by atoms with Gasteiger partial charge in [0.05, 0.1) is 30.3 Å². The molecular weight excluding hydrogens is 292 g/mol. The number of nitrogens with one attached hydrogen (secondary N) is 1. The predicted octanol–water partition coefficient (Wildman–Crippen LogP) is 2.07. The van der Waals surface area contributed by atoms with E-state index in [2.05, 4.69) is 5.32 Å². The van der Waals surface area contributed by atoms with E-state index in [4.69, 9.17) is 4.74 Å². The molecule has 0 spiro atoms. The summed E-state index contributed by atoms with van der Waals surface area (Å²) in [5.74, 6) is -2.32. The van der Waals surface area contributed by atoms with Crippen LogP contribution in [-0.2, 0) is 9.53 Å². The summed E-state index contributed by atoms with van der Waals surface area (Å²) in [6.07, 6.45) is 1.65. The summed E-state index contributed by atoms with van der Waals surface area (Å²) < 4.78 is 31.8. The van der Waals surface area contributed by atoms with Gasteiger partial charge in [0.1, 0.15) is 0 Å². The van der Waals surface area contributed by atoms with Crippen LogP contribution in [0.1, 0.15) is 37.9 Å². The molecule has 5 atom stereocenters. The number of benzene rings is 1. The molecule has 4 nitrogen and oxygen atoms in total. The molecule has 2 fully saturated rings. The molecule has 0 aliphatic carbocycles. The average molecular weight is 311 g/mol. The highest BCUT2D eigenvalue weighted by molar-refractivity contribution is 5.80. The van der Waals surface area contributed by atoms with Crippen LogP contribution in [0.5, 0.6) is 0 Å². The van der Waals surface area contributed by atoms with E-state index < -0.39 is 23.8 Å². The number of rotatable bonds is 4. The lowest BCUT2D eigenvalue weighted by Gasteiger charge is -2.24. The molecule has 1 aromatic carbocycles. The van der Waals surface area contributed by atoms with Crippen molar-refractivity contribution in [2.75, 3.05) is 0 Å². The third-order valence-corrected chi connectivity index (χ3v) is 4.57. The molecule has 2 aliphatic heterocycles. The van der Waals surface area contributed by atoms with Crippen molar-refractivity contribution in [1.82, 2.24) is 5.32 Å². The zero-order valence-corrected chi connectivity index (χ0v) is 12.3. The molecule has 1 amide bonds. The smallest absolute Gasteiger partial charge is 0.226 e. The van der Waals surface area contributed by atoms with Crippen molar-refractivity contribution in [2.45, 2.75) is 50.5 Å². The number of ether oxygens (including phenoxy) is 1. The number of hydrogen-bond donors (Lipinski definition) is 2. The summed E-state index contributed by atoms with van der Waals surface area (Å²) in [5, 5.41) is 12.9. The highest BCUT2D eigenvalue weighted by atomic mass is 19.2. The summed E-state index contributed by atoms with van der Waals surface area (Å²) in [6, 6.07) is 2.62. The van der Waals surface area contributed by atoms with Crippen molar-refractivity contribution < 1.29 is 23.4 Å². The first-order valence-corrected chi connectivity index (χ1v) is 7.54. The second-order valence-electron chi connectivity index (χ2n) is 6.13. The molecule has 2 saturated heterocycles. The maximum Gasteiger partial charge on any atom is 0.226 e. The average Bonchev–Trinajstić information content (AvgIpc) is 3.12. The zero-order chi connectivity index (χ0) is 15.9. The van der Waals surface area contributed by atoms with Crippen LogP contribution in [0.2, 0.25) is 0 Å². The molecule has 0 aromatic heterocycles. The second kappa shape index (κ2) is 5.93. The fourth-order valence-corrected chi connectivity index (χ4v) is 3.31. The molecule has 22 heavy (non-hydrogen) atoms. The summed E-state index contributed by atoms with van der Waals surface area (Å²) in [6.45, 7) is 1.64. The molecule has 0 saturated carbocycles. The second-order valence-corrected chi connectivity index (χ2v) is 6.13. The normalized spacial score (nSPS) is 29.4. The van der Waals surface area contributed by atoms with Gasteiger partial charge in [-0.2, -0.15) is 0 Å². The predicted molar refractivity (Wildman–Crippen MR) is 74.9 cm³/mol. The molecule has 6 heteroatoms. The highest BCUT2D eigenvalue weighted by Crippen LogP contribution is 2.38. The van der Waals surface area contributed by atoms with Crippen LogP contribution in [0.4, 0.5) is 8.78 Å². The maximum absolute atomic E-state index is 13.2. The van der Waals surface area contributed by atoms with E-state index in [9.17, 15) is 18.7 Å². The van der Waals surface area contributed by atoms with Crippen LogP contribution in [0.3, 0.4) is 0 Å². The first kappa shape index (κ1) is 15.4. The first-order chi connectivity index (χ1) is 10.5. The summed E-state index contributed by atoms with van der Waals surface area (Å²) in [4.78, 5) is 12.3. The van der Waals surface area contributed by atoms with E-state index in [0.717, 1.165) is 25.0 Å². The third-order valence-electron chi connectivity index (χ3n) is 4.57. The largest absolute Gasteiger partial charge is 0.386 e. The maximum atomic E-state index is 13.2. The molecule has 3 rings (SSSR count). The zero-order valence-electron chi connectivity index (χ0n) is 12.3. The Kier molecular flexibility index (Phi) is 4.14. The first-order valence-electron chi connectivity index (χ1n) is 7.54. The van der Waals surface area contributed by atoms with Gasteiger partial charge in [0.2, 0.25) is 5.91 Å². The van der Waals surface area contributed by atoms with Crippen LogP contribution < -0.4 is 5.32 Å². The Hall–Kier alpha value is -1.53. The van der Waals surface area contributed by atoms with Gasteiger partial charge in [0.25, 0.3) is 0 Å². The van der Waals surface area contributed by atoms with E-state index in [1.807, 2.05) is 0 Å². The molecule has 120 valence electrons. The summed E-state index contributed by atoms with van der Waals surface area (Å²) in [7, 11) is 0. The van der Waals surface area contributed by atoms with Crippen LogP contribution in [0.25, 0.3) is 0 Å². The summed E-state index contributed by atoms with van der Waals surface area (Å²) in [5.41, 5.74) is 0.232. The van der Waals surface area contributed by atoms with E-state index in [-0.39, 0.29) is 29.6 Å². The molecule has 1 aromatic rings. The van der Waals surface area contributed by atoms with Gasteiger partial charge < -0.3 is 15.2 Å². The van der Waals surface area contributed by atoms with Gasteiger partial charge in [-0.05, 0) is 43.9 Å². The van der Waals surface area contributed by atoms with Crippen molar-refractivity contribution in [1.29, 1.82) is 0 Å². The summed E-state index contributed by atoms with van der Waals surface area (Å²) >= 11 is 0. The monoisotopic (exact) mass is 311 g/mol. The fourth-order valence-electron chi connectivity index (χ4n) is 3.31. The SMILES string of the molecule is CC(NC(=O)C1CC2CCC1O2)C(O)c1ccc(F)c(F)c1. The van der Waals surface area contributed by atoms with Crippen molar-refractivity contribution >= 4 is 5.91 Å². The van der Waals surface area contributed by atoms with Gasteiger partial charge in [-0.15, -0.1) is 0 Å². The number of fused-ring (bicyclic) bond motifs is 2. The minimum Gasteiger partial charge on any atom is -0.386 e. The lowest BCUT2D eigenvalue weighted by molar-refractivity contribution is -0.128. The number of carbonyl (C=O) groups is 1. The van der Waals surface area contributed by atoms with E-state index >= 15 is 0 Å². The minimum absolute atomic E-state index is 0.0300. The van der Waals surface area contributed by atoms with Crippen molar-refractivity contribution in [3.8, 4) is 0 Å². The van der Waals surface area contributed by atoms with Crippen molar-refractivity contribution in [3.05, 3.63) is 35.4 Å². The third kappa shape index (κ3) is 2.85. The topological polar surface area (TPSA) is 58.6 Å². The van der Waals surface area contributed by atoms with Crippen molar-refractivity contribution in [3.63, 3.8) is 0 Å². The molecule has 0 radical (unpaired) electrons. The van der Waals surface area contributed by atoms with E-state index in [1.165, 1.54) is 6.07 Å². The van der Waals surface area contributed by atoms with Gasteiger partial charge in [-0.1, -0.05) is 6.07 Å². The number of hydrogen-bond acceptors (Lipinski definition) is 3. The lowest BCUT2D eigenvalue weighted by Crippen LogP contribution is -2.43. The Bertz CT molecular complexity index is 581. The lowest BCUT2D eigenvalue weighted by atomic mass is 9.88. The Morgan fingerprint density at radius 3 is 2.73 bits per heavy atom. The van der Waals surface area contributed by atoms with Crippen LogP contribution in [0.15, 0.2) is 18.2 Å². The van der Waals surface area contributed by atoms with Gasteiger partial charge in [-0.3, -0.25) is 4.79 Å². The van der Waals surface area contributed by atoms with Gasteiger partial charge in [0, 0.05) is 0 Å². The molecule has 2 aliphatic rings. The van der Waals surface area contributed by atoms with E-state index in [0.29, 0.717) is 6.42 Å². The standard InChI is InChI=1S/C16H19F2NO3/c1-8(15(20)9-2-4-12(17)13(18)6-9)19-16(21)11-7-10-3-5-14(11)22-10/h2,4,6,8,10-11,14-15,20H,3,5,7H2,1H3,(H,19,21). The number of halogens is 2. The van der Waals surface area contributed by atoms with E-state index in [1.54, 1.807) is 6.92 Å². The molecular formula is C16H19F2NO3. The van der Waals surface area contributed by atoms with Gasteiger partial charge >= 0.3 is 0 Å². The quantitative estimate of drug-likeness (QED) is 0.895. The van der Waals surface area contributed by atoms with Gasteiger partial charge in [-0.25, -0.2) is 8.78 Å². The van der Waals surface area contributed by atoms with Gasteiger partial charge in [0.15, 0.2) is 11.6 Å². The Morgan fingerprint density at radius 1 is 1.36 bits per heavy atom. The minimum atomic E-state index is -1.10. The molecule has 5 unspecified atom stereocenters. The van der Waals surface area contributed by atoms with Crippen LogP contribution in [0, 0.1) is 17.6 Å². The molecule has 2 bridgehead atoms. The number of aliphatic hydroxyl groups excluding tert-OH is 1. The van der Waals surface area contributed by atoms with Crippen LogP contribution in [-0.4, -0.2) is 29.3 Å². The fraction of sp³-hybridized carbons (Fsp3) is 0.562. The highest BCUT2D eigenvalue weighted by Gasteiger charge is 2.44. The Balaban J connectivity index is 1.62. The number of aliphatic hydroxyl groups is 1. The number of amides is 1. The Morgan fingerprint density at radius 2 is 2.14 bits per heavy atom. The molecule has 2 N–H and O–H groups in total. The van der Waals surface area contributed by atoms with Crippen molar-refractivity contribution in [2.24, 2.45) is 5.92 Å². The number of carbonyl (C=O) groups excluding carboxylic acids is 1.